The van der Waals surface area contributed by atoms with Crippen LogP contribution >= 0.6 is 0 Å². The first kappa shape index (κ1) is 10.8. The van der Waals surface area contributed by atoms with E-state index in [2.05, 4.69) is 4.74 Å². The van der Waals surface area contributed by atoms with E-state index in [0.29, 0.717) is 13.0 Å². The summed E-state index contributed by atoms with van der Waals surface area (Å²) in [5.74, 6) is 0. The molecule has 0 aliphatic heterocycles. The lowest BCUT2D eigenvalue weighted by atomic mass is 10.2. The molecule has 0 amide bonds. The van der Waals surface area contributed by atoms with Gasteiger partial charge in [0.2, 0.25) is 0 Å². The number of ether oxygens (including phenoxy) is 1. The van der Waals surface area contributed by atoms with Crippen molar-refractivity contribution in [2.45, 2.75) is 32.2 Å². The smallest absolute Gasteiger partial charge is 0.261 e. The summed E-state index contributed by atoms with van der Waals surface area (Å²) >= 11 is 0. The van der Waals surface area contributed by atoms with Crippen LogP contribution in [0.2, 0.25) is 0 Å². The summed E-state index contributed by atoms with van der Waals surface area (Å²) in [6, 6.07) is 0.0765. The highest BCUT2D eigenvalue weighted by Crippen LogP contribution is 1.96. The second kappa shape index (κ2) is 6.49. The number of hydrogen-bond acceptors (Lipinski definition) is 2. The molecule has 0 aromatic carbocycles. The molecule has 0 unspecified atom stereocenters. The summed E-state index contributed by atoms with van der Waals surface area (Å²) < 4.78 is 27.6. The maximum atomic E-state index is 11.5. The Morgan fingerprint density at radius 2 is 2.09 bits per heavy atom. The molecule has 0 aliphatic carbocycles. The van der Waals surface area contributed by atoms with Crippen molar-refractivity contribution >= 4 is 0 Å². The molecule has 68 valence electrons. The van der Waals surface area contributed by atoms with Crippen molar-refractivity contribution in [2.24, 2.45) is 5.73 Å². The van der Waals surface area contributed by atoms with Gasteiger partial charge in [0.25, 0.3) is 6.43 Å². The van der Waals surface area contributed by atoms with Crippen LogP contribution in [0.1, 0.15) is 19.8 Å². The predicted octanol–water partition coefficient (Wildman–Crippen LogP) is 1.40. The largest absolute Gasteiger partial charge is 0.375 e. The minimum Gasteiger partial charge on any atom is -0.375 e. The molecule has 0 heterocycles. The molecule has 0 saturated carbocycles. The molecule has 1 atom stereocenters. The lowest BCUT2D eigenvalue weighted by molar-refractivity contribution is 0.0152. The van der Waals surface area contributed by atoms with E-state index in [1.807, 2.05) is 6.92 Å². The van der Waals surface area contributed by atoms with E-state index in [-0.39, 0.29) is 6.04 Å². The summed E-state index contributed by atoms with van der Waals surface area (Å²) in [7, 11) is 0. The van der Waals surface area contributed by atoms with Crippen molar-refractivity contribution in [3.8, 4) is 0 Å². The third kappa shape index (κ3) is 7.68. The molecule has 0 radical (unpaired) electrons. The SMILES string of the molecule is CC[C@H](N)CCOCC(F)F. The third-order valence-electron chi connectivity index (χ3n) is 1.40. The van der Waals surface area contributed by atoms with Crippen LogP contribution in [0, 0.1) is 0 Å². The Morgan fingerprint density at radius 3 is 2.55 bits per heavy atom. The molecule has 0 aromatic heterocycles. The molecule has 0 bridgehead atoms. The van der Waals surface area contributed by atoms with Crippen LogP contribution in [0.15, 0.2) is 0 Å². The van der Waals surface area contributed by atoms with Gasteiger partial charge in [-0.05, 0) is 12.8 Å². The number of nitrogens with two attached hydrogens (primary N) is 1. The highest BCUT2D eigenvalue weighted by Gasteiger charge is 2.02. The van der Waals surface area contributed by atoms with Gasteiger partial charge in [0, 0.05) is 12.6 Å². The van der Waals surface area contributed by atoms with Gasteiger partial charge >= 0.3 is 0 Å². The Morgan fingerprint density at radius 1 is 1.45 bits per heavy atom. The zero-order valence-electron chi connectivity index (χ0n) is 6.72. The number of halogens is 2. The fraction of sp³-hybridized carbons (Fsp3) is 1.00. The molecule has 0 aromatic rings. The Balaban J connectivity index is 3.01. The fourth-order valence-corrected chi connectivity index (χ4v) is 0.611. The first-order valence-electron chi connectivity index (χ1n) is 3.78. The minimum absolute atomic E-state index is 0.0765. The number of rotatable bonds is 6. The molecular formula is C7H15F2NO. The maximum absolute atomic E-state index is 11.5. The van der Waals surface area contributed by atoms with Crippen LogP contribution in [-0.2, 0) is 4.74 Å². The van der Waals surface area contributed by atoms with E-state index in [9.17, 15) is 8.78 Å². The van der Waals surface area contributed by atoms with Gasteiger partial charge in [0.1, 0.15) is 6.61 Å². The van der Waals surface area contributed by atoms with Crippen molar-refractivity contribution in [1.29, 1.82) is 0 Å². The average molecular weight is 167 g/mol. The summed E-state index contributed by atoms with van der Waals surface area (Å²) in [6.07, 6.45) is -0.853. The molecule has 11 heavy (non-hydrogen) atoms. The molecular weight excluding hydrogens is 152 g/mol. The van der Waals surface area contributed by atoms with Gasteiger partial charge in [-0.3, -0.25) is 0 Å². The van der Waals surface area contributed by atoms with Gasteiger partial charge < -0.3 is 10.5 Å². The summed E-state index contributed by atoms with van der Waals surface area (Å²) in [5.41, 5.74) is 5.52. The van der Waals surface area contributed by atoms with Crippen molar-refractivity contribution in [3.63, 3.8) is 0 Å². The van der Waals surface area contributed by atoms with E-state index in [4.69, 9.17) is 5.73 Å². The van der Waals surface area contributed by atoms with Gasteiger partial charge in [-0.2, -0.15) is 0 Å². The van der Waals surface area contributed by atoms with Crippen LogP contribution < -0.4 is 5.73 Å². The Hall–Kier alpha value is -0.220. The molecule has 0 spiro atoms. The van der Waals surface area contributed by atoms with Gasteiger partial charge in [0.05, 0.1) is 0 Å². The van der Waals surface area contributed by atoms with E-state index in [1.54, 1.807) is 0 Å². The summed E-state index contributed by atoms with van der Waals surface area (Å²) in [6.45, 7) is 1.81. The number of hydrogen-bond donors (Lipinski definition) is 1. The monoisotopic (exact) mass is 167 g/mol. The first-order chi connectivity index (χ1) is 5.16. The number of alkyl halides is 2. The quantitative estimate of drug-likeness (QED) is 0.607. The van der Waals surface area contributed by atoms with Crippen LogP contribution in [0.4, 0.5) is 8.78 Å². The van der Waals surface area contributed by atoms with E-state index >= 15 is 0 Å². The highest BCUT2D eigenvalue weighted by atomic mass is 19.3. The standard InChI is InChI=1S/C7H15F2NO/c1-2-6(10)3-4-11-5-7(8)9/h6-7H,2-5,10H2,1H3/t6-/m0/s1. The second-order valence-corrected chi connectivity index (χ2v) is 2.42. The Bertz CT molecular complexity index is 90.5. The average Bonchev–Trinajstić information content (AvgIpc) is 1.97. The van der Waals surface area contributed by atoms with Crippen LogP contribution in [0.5, 0.6) is 0 Å². The van der Waals surface area contributed by atoms with Crippen LogP contribution in [0.25, 0.3) is 0 Å². The van der Waals surface area contributed by atoms with Crippen LogP contribution in [0.3, 0.4) is 0 Å². The van der Waals surface area contributed by atoms with Gasteiger partial charge in [-0.25, -0.2) is 8.78 Å². The van der Waals surface area contributed by atoms with Crippen molar-refractivity contribution in [1.82, 2.24) is 0 Å². The Labute approximate surface area is 65.7 Å². The van der Waals surface area contributed by atoms with E-state index in [1.165, 1.54) is 0 Å². The lowest BCUT2D eigenvalue weighted by Gasteiger charge is -2.08. The predicted molar refractivity (Wildman–Crippen MR) is 39.7 cm³/mol. The molecule has 0 fully saturated rings. The van der Waals surface area contributed by atoms with Gasteiger partial charge in [-0.1, -0.05) is 6.92 Å². The summed E-state index contributed by atoms with van der Waals surface area (Å²) in [5, 5.41) is 0. The molecule has 0 aliphatic rings. The van der Waals surface area contributed by atoms with Crippen molar-refractivity contribution in [3.05, 3.63) is 0 Å². The van der Waals surface area contributed by atoms with Crippen molar-refractivity contribution in [2.75, 3.05) is 13.2 Å². The van der Waals surface area contributed by atoms with Gasteiger partial charge in [-0.15, -0.1) is 0 Å². The zero-order valence-corrected chi connectivity index (χ0v) is 6.72. The Kier molecular flexibility index (Phi) is 6.36. The van der Waals surface area contributed by atoms with E-state index in [0.717, 1.165) is 6.42 Å². The maximum Gasteiger partial charge on any atom is 0.261 e. The fourth-order valence-electron chi connectivity index (χ4n) is 0.611. The minimum atomic E-state index is -2.37. The highest BCUT2D eigenvalue weighted by molar-refractivity contribution is 4.56. The molecule has 0 saturated heterocycles. The molecule has 4 heteroatoms. The van der Waals surface area contributed by atoms with E-state index < -0.39 is 13.0 Å². The zero-order chi connectivity index (χ0) is 8.69. The third-order valence-corrected chi connectivity index (χ3v) is 1.40. The summed E-state index contributed by atoms with van der Waals surface area (Å²) in [4.78, 5) is 0. The topological polar surface area (TPSA) is 35.2 Å². The lowest BCUT2D eigenvalue weighted by Crippen LogP contribution is -2.21. The normalized spacial score (nSPS) is 13.9. The molecule has 2 nitrogen and oxygen atoms in total. The second-order valence-electron chi connectivity index (χ2n) is 2.42. The molecule has 2 N–H and O–H groups in total. The molecule has 0 rings (SSSR count). The van der Waals surface area contributed by atoms with Crippen LogP contribution in [-0.4, -0.2) is 25.7 Å². The first-order valence-corrected chi connectivity index (χ1v) is 3.78. The van der Waals surface area contributed by atoms with Gasteiger partial charge in [0.15, 0.2) is 0 Å². The van der Waals surface area contributed by atoms with Crippen molar-refractivity contribution < 1.29 is 13.5 Å².